The van der Waals surface area contributed by atoms with E-state index >= 15 is 0 Å². The van der Waals surface area contributed by atoms with E-state index in [9.17, 15) is 5.11 Å². The Hall–Kier alpha value is -0.800. The maximum Gasteiger partial charge on any atom is 0.193 e. The average Bonchev–Trinajstić information content (AvgIpc) is 3.17. The summed E-state index contributed by atoms with van der Waals surface area (Å²) in [4.78, 5) is 0. The number of hydrogen-bond acceptors (Lipinski definition) is 2. The number of nitrogens with one attached hydrogen (secondary N) is 1. The van der Waals surface area contributed by atoms with E-state index in [4.69, 9.17) is 0 Å². The van der Waals surface area contributed by atoms with Crippen molar-refractivity contribution in [2.75, 3.05) is 6.54 Å². The van der Waals surface area contributed by atoms with Crippen molar-refractivity contribution in [2.24, 2.45) is 0 Å². The molecule has 1 aliphatic rings. The Morgan fingerprint density at radius 1 is 0.800 bits per heavy atom. The van der Waals surface area contributed by atoms with Crippen molar-refractivity contribution in [2.45, 2.75) is 142 Å². The molecule has 30 heavy (non-hydrogen) atoms. The van der Waals surface area contributed by atoms with Crippen LogP contribution in [0.3, 0.4) is 0 Å². The van der Waals surface area contributed by atoms with Gasteiger partial charge in [0.2, 0.25) is 0 Å². The lowest BCUT2D eigenvalue weighted by Crippen LogP contribution is -2.57. The fourth-order valence-corrected chi connectivity index (χ4v) is 4.75. The smallest absolute Gasteiger partial charge is 0.193 e. The topological polar surface area (TPSA) is 32.3 Å². The van der Waals surface area contributed by atoms with Gasteiger partial charge in [-0.15, -0.1) is 0 Å². The van der Waals surface area contributed by atoms with Gasteiger partial charge < -0.3 is 10.4 Å². The number of quaternary nitrogens is 1. The first-order chi connectivity index (χ1) is 14.7. The quantitative estimate of drug-likeness (QED) is 0.119. The lowest BCUT2D eigenvalue weighted by atomic mass is 10.0. The van der Waals surface area contributed by atoms with Crippen molar-refractivity contribution >= 4 is 0 Å². The summed E-state index contributed by atoms with van der Waals surface area (Å²) in [6.07, 6.45) is 32.2. The van der Waals surface area contributed by atoms with Gasteiger partial charge in [0.1, 0.15) is 6.20 Å². The van der Waals surface area contributed by atoms with E-state index in [1.54, 1.807) is 0 Å². The first-order valence-electron chi connectivity index (χ1n) is 13.3. The van der Waals surface area contributed by atoms with E-state index in [1.165, 1.54) is 103 Å². The van der Waals surface area contributed by atoms with Crippen molar-refractivity contribution in [3.63, 3.8) is 0 Å². The van der Waals surface area contributed by atoms with Crippen LogP contribution in [0.5, 0.6) is 0 Å². The maximum absolute atomic E-state index is 10.2. The molecule has 1 aliphatic heterocycles. The number of rotatable bonds is 20. The van der Waals surface area contributed by atoms with Crippen LogP contribution in [0.25, 0.3) is 0 Å². The fraction of sp³-hybridized carbons (Fsp3) is 0.852. The molecule has 0 aromatic carbocycles. The Bertz CT molecular complexity index is 446. The summed E-state index contributed by atoms with van der Waals surface area (Å²) < 4.78 is 0.628. The fourth-order valence-electron chi connectivity index (χ4n) is 4.75. The molecule has 0 aromatic rings. The van der Waals surface area contributed by atoms with Crippen molar-refractivity contribution in [3.8, 4) is 0 Å². The van der Waals surface area contributed by atoms with Crippen LogP contribution in [0.2, 0.25) is 0 Å². The second-order valence-electron chi connectivity index (χ2n) is 9.39. The van der Waals surface area contributed by atoms with Gasteiger partial charge in [-0.25, -0.2) is 0 Å². The van der Waals surface area contributed by atoms with Crippen LogP contribution in [0.4, 0.5) is 0 Å². The first-order valence-corrected chi connectivity index (χ1v) is 13.3. The summed E-state index contributed by atoms with van der Waals surface area (Å²) in [6, 6.07) is 0. The van der Waals surface area contributed by atoms with Gasteiger partial charge in [0.05, 0.1) is 12.7 Å². The molecule has 1 heterocycles. The Labute approximate surface area is 188 Å². The molecule has 3 nitrogen and oxygen atoms in total. The van der Waals surface area contributed by atoms with Crippen LogP contribution in [-0.2, 0) is 0 Å². The van der Waals surface area contributed by atoms with E-state index in [0.717, 1.165) is 13.0 Å². The van der Waals surface area contributed by atoms with Gasteiger partial charge in [0, 0.05) is 13.3 Å². The van der Waals surface area contributed by atoms with Gasteiger partial charge in [0.15, 0.2) is 12.4 Å². The van der Waals surface area contributed by atoms with E-state index in [0.29, 0.717) is 4.48 Å². The average molecular weight is 422 g/mol. The predicted molar refractivity (Wildman–Crippen MR) is 132 cm³/mol. The van der Waals surface area contributed by atoms with Crippen molar-refractivity contribution in [1.82, 2.24) is 5.32 Å². The highest BCUT2D eigenvalue weighted by Crippen LogP contribution is 2.24. The second kappa shape index (κ2) is 17.8. The number of nitrogens with zero attached hydrogens (tertiary/aromatic N) is 1. The van der Waals surface area contributed by atoms with Crippen molar-refractivity contribution in [1.29, 1.82) is 0 Å². The van der Waals surface area contributed by atoms with E-state index in [2.05, 4.69) is 37.5 Å². The molecule has 3 atom stereocenters. The molecule has 3 heteroatoms. The van der Waals surface area contributed by atoms with Crippen LogP contribution in [0.15, 0.2) is 24.6 Å². The summed E-state index contributed by atoms with van der Waals surface area (Å²) in [7, 11) is 0. The molecule has 0 aromatic heterocycles. The zero-order chi connectivity index (χ0) is 21.9. The van der Waals surface area contributed by atoms with Crippen molar-refractivity contribution < 1.29 is 9.59 Å². The minimum atomic E-state index is -0.366. The van der Waals surface area contributed by atoms with Crippen LogP contribution in [0.1, 0.15) is 130 Å². The molecule has 0 aliphatic carbocycles. The predicted octanol–water partition coefficient (Wildman–Crippen LogP) is 7.77. The molecule has 2 N–H and O–H groups in total. The third-order valence-electron chi connectivity index (χ3n) is 6.96. The molecule has 0 radical (unpaired) electrons. The summed E-state index contributed by atoms with van der Waals surface area (Å²) in [5, 5.41) is 13.6. The van der Waals surface area contributed by atoms with E-state index in [-0.39, 0.29) is 12.4 Å². The molecule has 0 amide bonds. The van der Waals surface area contributed by atoms with Crippen LogP contribution >= 0.6 is 0 Å². The Balaban J connectivity index is 1.88. The Morgan fingerprint density at radius 3 is 1.77 bits per heavy atom. The third-order valence-corrected chi connectivity index (χ3v) is 6.96. The summed E-state index contributed by atoms with van der Waals surface area (Å²) in [6.45, 7) is 7.25. The second-order valence-corrected chi connectivity index (χ2v) is 9.39. The molecule has 176 valence electrons. The molecule has 0 spiro atoms. The summed E-state index contributed by atoms with van der Waals surface area (Å²) >= 11 is 0. The number of allylic oxidation sites excluding steroid dienone is 1. The van der Waals surface area contributed by atoms with Crippen LogP contribution in [0, 0.1) is 0 Å². The molecule has 0 saturated heterocycles. The minimum absolute atomic E-state index is 0.271. The number of aliphatic hydroxyl groups excluding tert-OH is 1. The van der Waals surface area contributed by atoms with E-state index < -0.39 is 0 Å². The number of unbranched alkanes of at least 4 members (excludes halogenated alkanes) is 15. The van der Waals surface area contributed by atoms with Gasteiger partial charge in [-0.2, -0.15) is 0 Å². The van der Waals surface area contributed by atoms with Crippen molar-refractivity contribution in [3.05, 3.63) is 24.6 Å². The summed E-state index contributed by atoms with van der Waals surface area (Å²) in [5.41, 5.74) is 0. The Kier molecular flexibility index (Phi) is 16.2. The van der Waals surface area contributed by atoms with Crippen LogP contribution in [-0.4, -0.2) is 28.5 Å². The highest BCUT2D eigenvalue weighted by molar-refractivity contribution is 4.91. The van der Waals surface area contributed by atoms with Gasteiger partial charge in [-0.05, 0) is 19.8 Å². The molecule has 3 unspecified atom stereocenters. The molecule has 1 rings (SSSR count). The highest BCUT2D eigenvalue weighted by Gasteiger charge is 2.40. The molecular formula is C27H53N2O+. The van der Waals surface area contributed by atoms with Gasteiger partial charge in [-0.3, -0.25) is 4.48 Å². The maximum atomic E-state index is 10.2. The monoisotopic (exact) mass is 421 g/mol. The van der Waals surface area contributed by atoms with Gasteiger partial charge in [-0.1, -0.05) is 109 Å². The van der Waals surface area contributed by atoms with Crippen LogP contribution < -0.4 is 5.32 Å². The molecule has 0 saturated carbocycles. The minimum Gasteiger partial charge on any atom is -0.345 e. The Morgan fingerprint density at radius 2 is 1.30 bits per heavy atom. The zero-order valence-electron chi connectivity index (χ0n) is 20.6. The van der Waals surface area contributed by atoms with Gasteiger partial charge in [0.25, 0.3) is 0 Å². The lowest BCUT2D eigenvalue weighted by molar-refractivity contribution is -0.941. The number of aliphatic hydroxyl groups is 1. The molecule has 0 bridgehead atoms. The molecular weight excluding hydrogens is 368 g/mol. The first kappa shape index (κ1) is 27.2. The lowest BCUT2D eigenvalue weighted by Gasteiger charge is -2.38. The van der Waals surface area contributed by atoms with Gasteiger partial charge >= 0.3 is 0 Å². The largest absolute Gasteiger partial charge is 0.345 e. The standard InChI is InChI=1S/C27H53N2O/c1-4-6-7-8-9-10-11-12-13-14-15-16-17-18-19-20-21-22-23-27-28-24-25-29(27,5-2)26(3)30/h21-22,24-28,30H,4-20,23H2,1-3H3/q+1/b22-21+. The normalized spacial score (nSPS) is 22.1. The van der Waals surface area contributed by atoms with E-state index in [1.807, 2.05) is 13.1 Å². The summed E-state index contributed by atoms with van der Waals surface area (Å²) in [5.74, 6) is 0. The number of hydrogen-bond donors (Lipinski definition) is 2. The SMILES string of the molecule is CCCCCCCCCCCCCCCCC/C=C/CC1NC=C[N+]1(CC)C(C)O. The zero-order valence-corrected chi connectivity index (χ0v) is 20.6. The molecule has 0 fully saturated rings. The third kappa shape index (κ3) is 11.0. The highest BCUT2D eigenvalue weighted by atomic mass is 16.3.